The van der Waals surface area contributed by atoms with Crippen molar-refractivity contribution < 1.29 is 23.4 Å². The smallest absolute Gasteiger partial charge is 0.338 e. The van der Waals surface area contributed by atoms with Crippen molar-refractivity contribution in [3.05, 3.63) is 57.5 Å². The molecule has 4 atom stereocenters. The van der Waals surface area contributed by atoms with Crippen molar-refractivity contribution in [1.82, 2.24) is 9.55 Å². The Morgan fingerprint density at radius 1 is 1.32 bits per heavy atom. The average molecular weight is 367 g/mol. The highest BCUT2D eigenvalue weighted by atomic mass is 35.5. The van der Waals surface area contributed by atoms with Crippen molar-refractivity contribution in [1.29, 1.82) is 0 Å². The third-order valence-corrected chi connectivity index (χ3v) is 4.29. The summed E-state index contributed by atoms with van der Waals surface area (Å²) in [6.07, 6.45) is -2.76. The van der Waals surface area contributed by atoms with Crippen molar-refractivity contribution in [2.45, 2.75) is 24.6 Å². The van der Waals surface area contributed by atoms with Crippen LogP contribution < -0.4 is 10.3 Å². The number of carbonyl (C=O) groups is 1. The van der Waals surface area contributed by atoms with Gasteiger partial charge in [0, 0.05) is 17.3 Å². The van der Waals surface area contributed by atoms with E-state index >= 15 is 0 Å². The maximum absolute atomic E-state index is 14.5. The number of halogens is 2. The molecule has 7 nitrogen and oxygen atoms in total. The van der Waals surface area contributed by atoms with Crippen LogP contribution in [0.1, 0.15) is 16.6 Å². The molecular weight excluding hydrogens is 355 g/mol. The molecule has 2 aromatic rings. The van der Waals surface area contributed by atoms with Gasteiger partial charge >= 0.3 is 12.0 Å². The summed E-state index contributed by atoms with van der Waals surface area (Å²) < 4.78 is 32.0. The van der Waals surface area contributed by atoms with Gasteiger partial charge in [-0.2, -0.15) is 4.98 Å². The Balaban J connectivity index is 1.42. The number of aromatic nitrogens is 2. The van der Waals surface area contributed by atoms with E-state index in [9.17, 15) is 14.0 Å². The molecule has 2 aliphatic heterocycles. The Hall–Kier alpha value is -2.45. The first-order valence-corrected chi connectivity index (χ1v) is 7.89. The lowest BCUT2D eigenvalue weighted by Crippen LogP contribution is -2.32. The number of benzene rings is 1. The molecule has 2 aliphatic rings. The van der Waals surface area contributed by atoms with Crippen molar-refractivity contribution in [3.63, 3.8) is 0 Å². The first-order chi connectivity index (χ1) is 12.0. The number of hydrogen-bond acceptors (Lipinski definition) is 6. The third kappa shape index (κ3) is 2.87. The van der Waals surface area contributed by atoms with E-state index in [4.69, 9.17) is 25.8 Å². The Morgan fingerprint density at radius 2 is 2.08 bits per heavy atom. The van der Waals surface area contributed by atoms with Crippen LogP contribution in [0.4, 0.5) is 4.39 Å². The number of alkyl halides is 1. The lowest BCUT2D eigenvalue weighted by atomic mass is 10.1. The maximum Gasteiger partial charge on any atom is 0.338 e. The highest BCUT2D eigenvalue weighted by Gasteiger charge is 2.52. The second kappa shape index (κ2) is 6.12. The predicted molar refractivity (Wildman–Crippen MR) is 83.5 cm³/mol. The van der Waals surface area contributed by atoms with Gasteiger partial charge in [-0.1, -0.05) is 11.6 Å². The number of esters is 1. The molecule has 1 saturated heterocycles. The highest BCUT2D eigenvalue weighted by Crippen LogP contribution is 2.40. The Labute approximate surface area is 145 Å². The normalized spacial score (nSPS) is 26.6. The van der Waals surface area contributed by atoms with Crippen LogP contribution in [0.15, 0.2) is 41.3 Å². The van der Waals surface area contributed by atoms with Crippen molar-refractivity contribution in [2.75, 3.05) is 6.61 Å². The average Bonchev–Trinajstić information content (AvgIpc) is 3.09. The molecule has 130 valence electrons. The van der Waals surface area contributed by atoms with E-state index in [2.05, 4.69) is 4.98 Å². The van der Waals surface area contributed by atoms with Gasteiger partial charge in [0.2, 0.25) is 0 Å². The fraction of sp³-hybridized carbons (Fsp3) is 0.312. The van der Waals surface area contributed by atoms with E-state index in [0.29, 0.717) is 10.6 Å². The summed E-state index contributed by atoms with van der Waals surface area (Å²) in [7, 11) is 0. The molecule has 3 heterocycles. The van der Waals surface area contributed by atoms with Gasteiger partial charge in [0.05, 0.1) is 5.56 Å². The van der Waals surface area contributed by atoms with Crippen LogP contribution in [0.25, 0.3) is 0 Å². The van der Waals surface area contributed by atoms with E-state index in [1.807, 2.05) is 0 Å². The van der Waals surface area contributed by atoms with Crippen LogP contribution in [0.2, 0.25) is 5.02 Å². The fourth-order valence-corrected chi connectivity index (χ4v) is 2.93. The number of hydrogen-bond donors (Lipinski definition) is 0. The molecule has 0 saturated carbocycles. The van der Waals surface area contributed by atoms with E-state index in [1.54, 1.807) is 12.1 Å². The molecule has 0 bridgehead atoms. The molecule has 0 amide bonds. The zero-order valence-corrected chi connectivity index (χ0v) is 13.4. The number of carbonyl (C=O) groups excluding carboxylic acids is 1. The summed E-state index contributed by atoms with van der Waals surface area (Å²) in [6.45, 7) is -0.262. The molecule has 4 rings (SSSR count). The summed E-state index contributed by atoms with van der Waals surface area (Å²) in [6, 6.07) is 7.41. The first kappa shape index (κ1) is 16.0. The van der Waals surface area contributed by atoms with Crippen molar-refractivity contribution in [3.8, 4) is 6.01 Å². The molecule has 1 aromatic carbocycles. The number of rotatable bonds is 3. The van der Waals surface area contributed by atoms with Crippen LogP contribution in [-0.4, -0.2) is 40.5 Å². The zero-order valence-electron chi connectivity index (χ0n) is 12.7. The lowest BCUT2D eigenvalue weighted by molar-refractivity contribution is -0.0418. The Kier molecular flexibility index (Phi) is 3.93. The number of ether oxygens (including phenoxy) is 3. The van der Waals surface area contributed by atoms with Gasteiger partial charge in [-0.3, -0.25) is 9.36 Å². The molecule has 0 unspecified atom stereocenters. The Morgan fingerprint density at radius 3 is 2.84 bits per heavy atom. The minimum Gasteiger partial charge on any atom is -0.459 e. The van der Waals surface area contributed by atoms with E-state index in [0.717, 1.165) is 0 Å². The molecule has 0 spiro atoms. The quantitative estimate of drug-likeness (QED) is 0.770. The van der Waals surface area contributed by atoms with Gasteiger partial charge in [0.15, 0.2) is 18.5 Å². The predicted octanol–water partition coefficient (Wildman–Crippen LogP) is 1.75. The van der Waals surface area contributed by atoms with Gasteiger partial charge < -0.3 is 14.2 Å². The van der Waals surface area contributed by atoms with Gasteiger partial charge in [-0.15, -0.1) is 0 Å². The maximum atomic E-state index is 14.5. The standard InChI is InChI=1S/C16H12ClFN2O5/c17-9-3-1-8(2-4-9)15(22)23-7-10-12(18)13-14(24-10)20-6-5-11(21)19-16(20)25-13/h1-6,10,12-14H,7H2/t10-,12+,13+,14-/m0/s1. The lowest BCUT2D eigenvalue weighted by Gasteiger charge is -2.15. The van der Waals surface area contributed by atoms with E-state index in [-0.39, 0.29) is 12.6 Å². The molecule has 25 heavy (non-hydrogen) atoms. The van der Waals surface area contributed by atoms with Gasteiger partial charge in [-0.05, 0) is 24.3 Å². The molecular formula is C16H12ClFN2O5. The Bertz CT molecular complexity index is 872. The van der Waals surface area contributed by atoms with Crippen LogP contribution in [-0.2, 0) is 9.47 Å². The van der Waals surface area contributed by atoms with Crippen molar-refractivity contribution in [2.24, 2.45) is 0 Å². The molecule has 9 heteroatoms. The summed E-state index contributed by atoms with van der Waals surface area (Å²) in [5.41, 5.74) is -0.170. The number of nitrogens with zero attached hydrogens (tertiary/aromatic N) is 2. The van der Waals surface area contributed by atoms with Gasteiger partial charge in [0.25, 0.3) is 5.56 Å². The second-order valence-corrected chi connectivity index (χ2v) is 6.09. The molecule has 0 N–H and O–H groups in total. The first-order valence-electron chi connectivity index (χ1n) is 7.51. The molecule has 1 aromatic heterocycles. The minimum atomic E-state index is -1.53. The monoisotopic (exact) mass is 366 g/mol. The number of fused-ring (bicyclic) bond motifs is 3. The fourth-order valence-electron chi connectivity index (χ4n) is 2.81. The van der Waals surface area contributed by atoms with E-state index < -0.39 is 36.1 Å². The van der Waals surface area contributed by atoms with Crippen LogP contribution >= 0.6 is 11.6 Å². The molecule has 0 aliphatic carbocycles. The van der Waals surface area contributed by atoms with Crippen LogP contribution in [0.5, 0.6) is 6.01 Å². The highest BCUT2D eigenvalue weighted by molar-refractivity contribution is 6.30. The van der Waals surface area contributed by atoms with Crippen LogP contribution in [0.3, 0.4) is 0 Å². The summed E-state index contributed by atoms with van der Waals surface area (Å²) in [5.74, 6) is -0.601. The molecule has 0 radical (unpaired) electrons. The second-order valence-electron chi connectivity index (χ2n) is 5.65. The topological polar surface area (TPSA) is 79.7 Å². The SMILES string of the molecule is O=C(OC[C@@H]1O[C@H]2[C@H](Oc3nc(=O)ccn32)[C@@H]1F)c1ccc(Cl)cc1. The van der Waals surface area contributed by atoms with Crippen LogP contribution in [0, 0.1) is 0 Å². The minimum absolute atomic E-state index is 0.0155. The molecule has 1 fully saturated rings. The van der Waals surface area contributed by atoms with Crippen molar-refractivity contribution >= 4 is 17.6 Å². The van der Waals surface area contributed by atoms with Gasteiger partial charge in [-0.25, -0.2) is 9.18 Å². The summed E-state index contributed by atoms with van der Waals surface area (Å²) in [4.78, 5) is 26.9. The van der Waals surface area contributed by atoms with Gasteiger partial charge in [0.1, 0.15) is 12.7 Å². The zero-order chi connectivity index (χ0) is 17.6. The van der Waals surface area contributed by atoms with E-state index in [1.165, 1.54) is 29.0 Å². The largest absolute Gasteiger partial charge is 0.459 e. The third-order valence-electron chi connectivity index (χ3n) is 4.04. The summed E-state index contributed by atoms with van der Waals surface area (Å²) in [5, 5.41) is 0.495. The summed E-state index contributed by atoms with van der Waals surface area (Å²) >= 11 is 5.76.